The van der Waals surface area contributed by atoms with Crippen molar-refractivity contribution in [3.63, 3.8) is 0 Å². The standard InChI is InChI=1S/C20H23N2/c1-14-12-16(3)20(17(4)13-14)19-10-11-21(5)22(19)18-9-7-6-8-15(18)2/h6-13H,1-5H3/q+1. The van der Waals surface area contributed by atoms with Crippen molar-refractivity contribution in [2.24, 2.45) is 7.05 Å². The maximum absolute atomic E-state index is 2.29. The predicted octanol–water partition coefficient (Wildman–Crippen LogP) is 4.20. The summed E-state index contributed by atoms with van der Waals surface area (Å²) in [4.78, 5) is 0. The highest BCUT2D eigenvalue weighted by Crippen LogP contribution is 2.30. The molecule has 0 saturated carbocycles. The lowest BCUT2D eigenvalue weighted by molar-refractivity contribution is -0.743. The van der Waals surface area contributed by atoms with Crippen molar-refractivity contribution in [1.82, 2.24) is 4.68 Å². The molecule has 1 aromatic heterocycles. The van der Waals surface area contributed by atoms with E-state index in [0.29, 0.717) is 0 Å². The molecule has 0 spiro atoms. The van der Waals surface area contributed by atoms with E-state index in [1.54, 1.807) is 0 Å². The Balaban J connectivity index is 2.30. The lowest BCUT2D eigenvalue weighted by Gasteiger charge is -2.13. The minimum Gasteiger partial charge on any atom is -0.120 e. The third-order valence-corrected chi connectivity index (χ3v) is 4.27. The Morgan fingerprint density at radius 1 is 0.818 bits per heavy atom. The van der Waals surface area contributed by atoms with Crippen LogP contribution in [0.2, 0.25) is 0 Å². The molecular weight excluding hydrogens is 268 g/mol. The molecule has 1 heterocycles. The molecule has 2 nitrogen and oxygen atoms in total. The summed E-state index contributed by atoms with van der Waals surface area (Å²) in [5.74, 6) is 0. The van der Waals surface area contributed by atoms with Crippen molar-refractivity contribution in [3.05, 3.63) is 70.9 Å². The van der Waals surface area contributed by atoms with Crippen LogP contribution in [0.4, 0.5) is 0 Å². The predicted molar refractivity (Wildman–Crippen MR) is 91.3 cm³/mol. The highest BCUT2D eigenvalue weighted by molar-refractivity contribution is 5.69. The molecule has 3 aromatic rings. The summed E-state index contributed by atoms with van der Waals surface area (Å²) < 4.78 is 4.44. The fraction of sp³-hybridized carbons (Fsp3) is 0.250. The summed E-state index contributed by atoms with van der Waals surface area (Å²) in [7, 11) is 2.09. The highest BCUT2D eigenvalue weighted by Gasteiger charge is 2.19. The number of aryl methyl sites for hydroxylation is 5. The first-order valence-electron chi connectivity index (χ1n) is 7.71. The van der Waals surface area contributed by atoms with E-state index in [-0.39, 0.29) is 0 Å². The maximum atomic E-state index is 2.29. The summed E-state index contributed by atoms with van der Waals surface area (Å²) in [5.41, 5.74) is 9.04. The molecule has 0 radical (unpaired) electrons. The molecule has 0 amide bonds. The lowest BCUT2D eigenvalue weighted by atomic mass is 9.97. The van der Waals surface area contributed by atoms with Gasteiger partial charge in [-0.25, -0.2) is 0 Å². The van der Waals surface area contributed by atoms with Crippen LogP contribution < -0.4 is 4.68 Å². The monoisotopic (exact) mass is 291 g/mol. The van der Waals surface area contributed by atoms with Gasteiger partial charge in [0.1, 0.15) is 11.4 Å². The molecule has 2 aromatic carbocycles. The number of aromatic nitrogens is 2. The molecular formula is C20H23N2+. The van der Waals surface area contributed by atoms with Crippen molar-refractivity contribution < 1.29 is 4.68 Å². The number of benzene rings is 2. The van der Waals surface area contributed by atoms with Crippen LogP contribution in [0, 0.1) is 27.7 Å². The fourth-order valence-corrected chi connectivity index (χ4v) is 3.36. The largest absolute Gasteiger partial charge is 0.196 e. The Morgan fingerprint density at radius 3 is 2.09 bits per heavy atom. The molecule has 0 aliphatic rings. The Labute approximate surface area is 132 Å². The van der Waals surface area contributed by atoms with Gasteiger partial charge in [-0.05, 0) is 50.5 Å². The first kappa shape index (κ1) is 14.6. The summed E-state index contributed by atoms with van der Waals surface area (Å²) >= 11 is 0. The first-order valence-corrected chi connectivity index (χ1v) is 7.71. The highest BCUT2D eigenvalue weighted by atomic mass is 15.4. The van der Waals surface area contributed by atoms with Gasteiger partial charge in [-0.3, -0.25) is 0 Å². The van der Waals surface area contributed by atoms with E-state index in [1.807, 2.05) is 0 Å². The van der Waals surface area contributed by atoms with Gasteiger partial charge in [0.15, 0.2) is 13.2 Å². The topological polar surface area (TPSA) is 8.81 Å². The van der Waals surface area contributed by atoms with Crippen molar-refractivity contribution in [2.45, 2.75) is 27.7 Å². The fourth-order valence-electron chi connectivity index (χ4n) is 3.36. The second kappa shape index (κ2) is 5.45. The number of hydrogen-bond donors (Lipinski definition) is 0. The van der Waals surface area contributed by atoms with E-state index >= 15 is 0 Å². The molecule has 3 rings (SSSR count). The molecule has 0 N–H and O–H groups in total. The second-order valence-corrected chi connectivity index (χ2v) is 6.15. The van der Waals surface area contributed by atoms with E-state index in [4.69, 9.17) is 0 Å². The van der Waals surface area contributed by atoms with Crippen LogP contribution in [-0.4, -0.2) is 4.68 Å². The smallest absolute Gasteiger partial charge is 0.120 e. The third kappa shape index (κ3) is 2.35. The molecule has 0 bridgehead atoms. The zero-order chi connectivity index (χ0) is 15.9. The molecule has 0 atom stereocenters. The summed E-state index contributed by atoms with van der Waals surface area (Å²) in [6, 6.07) is 15.3. The van der Waals surface area contributed by atoms with Gasteiger partial charge in [0, 0.05) is 11.6 Å². The number of hydrogen-bond acceptors (Lipinski definition) is 0. The van der Waals surface area contributed by atoms with Gasteiger partial charge >= 0.3 is 0 Å². The van der Waals surface area contributed by atoms with E-state index < -0.39 is 0 Å². The Morgan fingerprint density at radius 2 is 1.45 bits per heavy atom. The Bertz CT molecular complexity index is 818. The Hall–Kier alpha value is -2.35. The SMILES string of the molecule is Cc1cc(C)c(-c2cc[n+](C)n2-c2ccccc2C)c(C)c1. The number of para-hydroxylation sites is 1. The van der Waals surface area contributed by atoms with Gasteiger partial charge in [0.05, 0.1) is 0 Å². The Kier molecular flexibility index (Phi) is 3.61. The van der Waals surface area contributed by atoms with E-state index in [9.17, 15) is 0 Å². The molecule has 2 heteroatoms. The van der Waals surface area contributed by atoms with Crippen molar-refractivity contribution >= 4 is 0 Å². The molecule has 0 unspecified atom stereocenters. The average molecular weight is 291 g/mol. The molecule has 0 fully saturated rings. The minimum atomic E-state index is 1.23. The molecule has 0 aliphatic carbocycles. The van der Waals surface area contributed by atoms with E-state index in [0.717, 1.165) is 0 Å². The van der Waals surface area contributed by atoms with Crippen LogP contribution in [0.5, 0.6) is 0 Å². The average Bonchev–Trinajstić information content (AvgIpc) is 2.80. The lowest BCUT2D eigenvalue weighted by Crippen LogP contribution is -2.37. The van der Waals surface area contributed by atoms with Crippen LogP contribution in [0.1, 0.15) is 22.3 Å². The van der Waals surface area contributed by atoms with Gasteiger partial charge in [-0.2, -0.15) is 0 Å². The van der Waals surface area contributed by atoms with E-state index in [2.05, 4.69) is 92.8 Å². The van der Waals surface area contributed by atoms with Crippen molar-refractivity contribution in [3.8, 4) is 16.9 Å². The van der Waals surface area contributed by atoms with Gasteiger partial charge in [-0.15, -0.1) is 9.36 Å². The molecule has 0 saturated heterocycles. The number of nitrogens with zero attached hydrogens (tertiary/aromatic N) is 2. The quantitative estimate of drug-likeness (QED) is 0.626. The second-order valence-electron chi connectivity index (χ2n) is 6.15. The molecule has 22 heavy (non-hydrogen) atoms. The van der Waals surface area contributed by atoms with Crippen molar-refractivity contribution in [2.75, 3.05) is 0 Å². The van der Waals surface area contributed by atoms with Crippen LogP contribution in [-0.2, 0) is 7.05 Å². The minimum absolute atomic E-state index is 1.23. The van der Waals surface area contributed by atoms with Gasteiger partial charge in [-0.1, -0.05) is 35.9 Å². The van der Waals surface area contributed by atoms with Crippen LogP contribution >= 0.6 is 0 Å². The summed E-state index contributed by atoms with van der Waals surface area (Å²) in [6.45, 7) is 8.72. The van der Waals surface area contributed by atoms with Crippen molar-refractivity contribution in [1.29, 1.82) is 0 Å². The molecule has 0 aliphatic heterocycles. The van der Waals surface area contributed by atoms with Gasteiger partial charge in [0.2, 0.25) is 0 Å². The van der Waals surface area contributed by atoms with E-state index in [1.165, 1.54) is 39.2 Å². The molecule has 112 valence electrons. The maximum Gasteiger partial charge on any atom is 0.196 e. The zero-order valence-corrected chi connectivity index (χ0v) is 14.0. The number of rotatable bonds is 2. The third-order valence-electron chi connectivity index (χ3n) is 4.27. The normalized spacial score (nSPS) is 11.0. The zero-order valence-electron chi connectivity index (χ0n) is 14.0. The summed E-state index contributed by atoms with van der Waals surface area (Å²) in [6.07, 6.45) is 2.13. The van der Waals surface area contributed by atoms with Crippen LogP contribution in [0.3, 0.4) is 0 Å². The van der Waals surface area contributed by atoms with Crippen LogP contribution in [0.25, 0.3) is 16.9 Å². The first-order chi connectivity index (χ1) is 10.5. The van der Waals surface area contributed by atoms with Gasteiger partial charge < -0.3 is 0 Å². The summed E-state index contributed by atoms with van der Waals surface area (Å²) in [5, 5.41) is 0. The van der Waals surface area contributed by atoms with Gasteiger partial charge in [0.25, 0.3) is 0 Å². The van der Waals surface area contributed by atoms with Crippen LogP contribution in [0.15, 0.2) is 48.7 Å².